The molecule has 0 spiro atoms. The third-order valence-corrected chi connectivity index (χ3v) is 4.83. The van der Waals surface area contributed by atoms with Crippen LogP contribution >= 0.6 is 11.8 Å². The van der Waals surface area contributed by atoms with Gasteiger partial charge in [0.25, 0.3) is 0 Å². The summed E-state index contributed by atoms with van der Waals surface area (Å²) in [7, 11) is 3.19. The molecule has 0 radical (unpaired) electrons. The highest BCUT2D eigenvalue weighted by molar-refractivity contribution is 8.00. The van der Waals surface area contributed by atoms with E-state index in [0.717, 1.165) is 23.7 Å². The second kappa shape index (κ2) is 9.36. The molecule has 2 rings (SSSR count). The molecule has 0 aliphatic rings. The first kappa shape index (κ1) is 19.2. The van der Waals surface area contributed by atoms with Crippen molar-refractivity contribution in [3.63, 3.8) is 0 Å². The maximum absolute atomic E-state index is 12.4. The van der Waals surface area contributed by atoms with Crippen LogP contribution in [0.25, 0.3) is 0 Å². The second-order valence-electron chi connectivity index (χ2n) is 5.57. The first-order chi connectivity index (χ1) is 12.1. The number of ether oxygens (including phenoxy) is 2. The van der Waals surface area contributed by atoms with Crippen molar-refractivity contribution in [1.82, 2.24) is 14.9 Å². The highest BCUT2D eigenvalue weighted by Gasteiger charge is 2.17. The fourth-order valence-electron chi connectivity index (χ4n) is 2.36. The summed E-state index contributed by atoms with van der Waals surface area (Å²) in [4.78, 5) is 16.7. The Kier molecular flexibility index (Phi) is 7.18. The predicted octanol–water partition coefficient (Wildman–Crippen LogP) is 3.11. The molecule has 0 saturated carbocycles. The van der Waals surface area contributed by atoms with E-state index in [4.69, 9.17) is 9.47 Å². The number of nitrogens with zero attached hydrogens (tertiary/aromatic N) is 2. The first-order valence-electron chi connectivity index (χ1n) is 8.25. The monoisotopic (exact) mass is 363 g/mol. The molecule has 1 heterocycles. The van der Waals surface area contributed by atoms with E-state index in [1.54, 1.807) is 20.4 Å². The Morgan fingerprint density at radius 3 is 2.76 bits per heavy atom. The molecule has 136 valence electrons. The number of rotatable bonds is 9. The Morgan fingerprint density at radius 2 is 2.08 bits per heavy atom. The lowest BCUT2D eigenvalue weighted by Gasteiger charge is -2.14. The number of amides is 1. The normalized spacial score (nSPS) is 11.8. The summed E-state index contributed by atoms with van der Waals surface area (Å²) in [5.74, 6) is 1.30. The van der Waals surface area contributed by atoms with Crippen molar-refractivity contribution in [3.05, 3.63) is 36.2 Å². The van der Waals surface area contributed by atoms with Crippen molar-refractivity contribution in [2.24, 2.45) is 0 Å². The van der Waals surface area contributed by atoms with Crippen LogP contribution in [0, 0.1) is 0 Å². The number of methoxy groups -OCH3 is 2. The topological polar surface area (TPSA) is 65.4 Å². The van der Waals surface area contributed by atoms with Crippen LogP contribution in [0.1, 0.15) is 25.8 Å². The van der Waals surface area contributed by atoms with Gasteiger partial charge in [-0.25, -0.2) is 4.98 Å². The molecule has 1 aromatic carbocycles. The van der Waals surface area contributed by atoms with Crippen LogP contribution in [0.5, 0.6) is 11.5 Å². The molecule has 0 bridgehead atoms. The number of aryl methyl sites for hydroxylation is 1. The van der Waals surface area contributed by atoms with E-state index in [-0.39, 0.29) is 11.2 Å². The maximum Gasteiger partial charge on any atom is 0.233 e. The average molecular weight is 363 g/mol. The van der Waals surface area contributed by atoms with Crippen LogP contribution in [0.2, 0.25) is 0 Å². The molecule has 0 fully saturated rings. The molecular weight excluding hydrogens is 338 g/mol. The van der Waals surface area contributed by atoms with Crippen molar-refractivity contribution in [2.75, 3.05) is 14.2 Å². The van der Waals surface area contributed by atoms with Gasteiger partial charge in [0.15, 0.2) is 16.7 Å². The SMILES string of the molecule is CCCn1ccnc1S[C@@H](C)C(=O)NCc1ccc(OC)c(OC)c1. The van der Waals surface area contributed by atoms with Gasteiger partial charge in [0.05, 0.1) is 19.5 Å². The zero-order valence-electron chi connectivity index (χ0n) is 15.1. The van der Waals surface area contributed by atoms with Crippen molar-refractivity contribution >= 4 is 17.7 Å². The highest BCUT2D eigenvalue weighted by Crippen LogP contribution is 2.27. The molecule has 2 aromatic rings. The maximum atomic E-state index is 12.4. The Labute approximate surface area is 152 Å². The quantitative estimate of drug-likeness (QED) is 0.694. The van der Waals surface area contributed by atoms with E-state index in [1.807, 2.05) is 31.3 Å². The lowest BCUT2D eigenvalue weighted by molar-refractivity contribution is -0.120. The van der Waals surface area contributed by atoms with Crippen molar-refractivity contribution < 1.29 is 14.3 Å². The van der Waals surface area contributed by atoms with Gasteiger partial charge >= 0.3 is 0 Å². The molecule has 1 aromatic heterocycles. The fourth-order valence-corrected chi connectivity index (χ4v) is 3.28. The minimum atomic E-state index is -0.224. The Morgan fingerprint density at radius 1 is 1.32 bits per heavy atom. The largest absolute Gasteiger partial charge is 0.493 e. The summed E-state index contributed by atoms with van der Waals surface area (Å²) >= 11 is 1.47. The number of carbonyl (C=O) groups is 1. The van der Waals surface area contributed by atoms with E-state index in [0.29, 0.717) is 18.0 Å². The van der Waals surface area contributed by atoms with Gasteiger partial charge in [-0.1, -0.05) is 24.8 Å². The minimum Gasteiger partial charge on any atom is -0.493 e. The van der Waals surface area contributed by atoms with Gasteiger partial charge in [0.2, 0.25) is 5.91 Å². The van der Waals surface area contributed by atoms with Crippen molar-refractivity contribution in [1.29, 1.82) is 0 Å². The predicted molar refractivity (Wildman–Crippen MR) is 99.2 cm³/mol. The summed E-state index contributed by atoms with van der Waals surface area (Å²) in [5, 5.41) is 3.61. The Balaban J connectivity index is 1.92. The number of aromatic nitrogens is 2. The zero-order valence-corrected chi connectivity index (χ0v) is 15.9. The summed E-state index contributed by atoms with van der Waals surface area (Å²) in [5.41, 5.74) is 0.954. The number of nitrogens with one attached hydrogen (secondary N) is 1. The van der Waals surface area contributed by atoms with E-state index < -0.39 is 0 Å². The molecule has 1 amide bonds. The fraction of sp³-hybridized carbons (Fsp3) is 0.444. The number of hydrogen-bond donors (Lipinski definition) is 1. The molecule has 7 heteroatoms. The molecule has 1 atom stereocenters. The molecule has 0 aliphatic heterocycles. The molecule has 0 unspecified atom stereocenters. The summed E-state index contributed by atoms with van der Waals surface area (Å²) in [6, 6.07) is 5.61. The van der Waals surface area contributed by atoms with Crippen LogP contribution in [-0.2, 0) is 17.9 Å². The van der Waals surface area contributed by atoms with Gasteiger partial charge in [0.1, 0.15) is 0 Å². The molecule has 0 saturated heterocycles. The highest BCUT2D eigenvalue weighted by atomic mass is 32.2. The van der Waals surface area contributed by atoms with E-state index in [9.17, 15) is 4.79 Å². The van der Waals surface area contributed by atoms with Gasteiger partial charge in [-0.15, -0.1) is 0 Å². The lowest BCUT2D eigenvalue weighted by Crippen LogP contribution is -2.30. The Bertz CT molecular complexity index is 703. The van der Waals surface area contributed by atoms with Gasteiger partial charge in [-0.2, -0.15) is 0 Å². The Hall–Kier alpha value is -2.15. The van der Waals surface area contributed by atoms with Crippen LogP contribution in [0.15, 0.2) is 35.7 Å². The first-order valence-corrected chi connectivity index (χ1v) is 9.13. The van der Waals surface area contributed by atoms with E-state index in [2.05, 4.69) is 21.8 Å². The minimum absolute atomic E-state index is 0.0224. The molecular formula is C18H25N3O3S. The standard InChI is InChI=1S/C18H25N3O3S/c1-5-9-21-10-8-19-18(21)25-13(2)17(22)20-12-14-6-7-15(23-3)16(11-14)24-4/h6-8,10-11,13H,5,9,12H2,1-4H3,(H,20,22)/t13-/m0/s1. The van der Waals surface area contributed by atoms with Gasteiger partial charge < -0.3 is 19.4 Å². The van der Waals surface area contributed by atoms with Crippen molar-refractivity contribution in [3.8, 4) is 11.5 Å². The molecule has 1 N–H and O–H groups in total. The second-order valence-corrected chi connectivity index (χ2v) is 6.88. The van der Waals surface area contributed by atoms with Crippen LogP contribution < -0.4 is 14.8 Å². The number of imidazole rings is 1. The van der Waals surface area contributed by atoms with Crippen molar-refractivity contribution in [2.45, 2.75) is 43.8 Å². The van der Waals surface area contributed by atoms with Gasteiger partial charge in [-0.3, -0.25) is 4.79 Å². The lowest BCUT2D eigenvalue weighted by atomic mass is 10.2. The molecule has 6 nitrogen and oxygen atoms in total. The van der Waals surface area contributed by atoms with Gasteiger partial charge in [0, 0.05) is 25.5 Å². The number of thioether (sulfide) groups is 1. The zero-order chi connectivity index (χ0) is 18.2. The van der Waals surface area contributed by atoms with Crippen LogP contribution in [-0.4, -0.2) is 34.9 Å². The number of benzene rings is 1. The summed E-state index contributed by atoms with van der Waals surface area (Å²) < 4.78 is 12.6. The molecule has 0 aliphatic carbocycles. The number of carbonyl (C=O) groups excluding carboxylic acids is 1. The molecule has 25 heavy (non-hydrogen) atoms. The third kappa shape index (κ3) is 5.16. The third-order valence-electron chi connectivity index (χ3n) is 3.71. The van der Waals surface area contributed by atoms with Gasteiger partial charge in [-0.05, 0) is 31.0 Å². The number of hydrogen-bond acceptors (Lipinski definition) is 5. The van der Waals surface area contributed by atoms with E-state index in [1.165, 1.54) is 11.8 Å². The van der Waals surface area contributed by atoms with Crippen LogP contribution in [0.3, 0.4) is 0 Å². The average Bonchev–Trinajstić information content (AvgIpc) is 3.06. The smallest absolute Gasteiger partial charge is 0.233 e. The summed E-state index contributed by atoms with van der Waals surface area (Å²) in [6.07, 6.45) is 4.75. The van der Waals surface area contributed by atoms with E-state index >= 15 is 0 Å². The van der Waals surface area contributed by atoms with Crippen LogP contribution in [0.4, 0.5) is 0 Å². The summed E-state index contributed by atoms with van der Waals surface area (Å²) in [6.45, 7) is 5.35.